The minimum Gasteiger partial charge on any atom is -0.481 e. The van der Waals surface area contributed by atoms with Crippen molar-refractivity contribution in [2.24, 2.45) is 5.92 Å². The Labute approximate surface area is 98.2 Å². The number of aliphatic carboxylic acids is 1. The molecule has 0 aromatic carbocycles. The Balaban J connectivity index is 2.67. The van der Waals surface area contributed by atoms with Crippen molar-refractivity contribution in [3.8, 4) is 0 Å². The van der Waals surface area contributed by atoms with Gasteiger partial charge in [0.2, 0.25) is 5.89 Å². The zero-order valence-electron chi connectivity index (χ0n) is 9.93. The van der Waals surface area contributed by atoms with Gasteiger partial charge in [0.15, 0.2) is 0 Å². The molecule has 0 bridgehead atoms. The number of nitrogens with zero attached hydrogens (tertiary/aromatic N) is 2. The van der Waals surface area contributed by atoms with Crippen LogP contribution in [-0.4, -0.2) is 33.2 Å². The first-order chi connectivity index (χ1) is 7.90. The van der Waals surface area contributed by atoms with Gasteiger partial charge in [-0.1, -0.05) is 19.0 Å². The molecule has 1 aromatic heterocycles. The quantitative estimate of drug-likeness (QED) is 0.782. The molecule has 1 unspecified atom stereocenters. The molecule has 94 valence electrons. The van der Waals surface area contributed by atoms with E-state index in [1.165, 1.54) is 0 Å². The molecular weight excluding hydrogens is 226 g/mol. The summed E-state index contributed by atoms with van der Waals surface area (Å²) in [5, 5.41) is 14.8. The van der Waals surface area contributed by atoms with Gasteiger partial charge < -0.3 is 14.9 Å². The van der Waals surface area contributed by atoms with E-state index in [0.717, 1.165) is 0 Å². The Morgan fingerprint density at radius 2 is 2.12 bits per heavy atom. The van der Waals surface area contributed by atoms with E-state index in [0.29, 0.717) is 0 Å². The topological polar surface area (TPSA) is 105 Å². The van der Waals surface area contributed by atoms with Crippen molar-refractivity contribution in [3.05, 3.63) is 11.7 Å². The molecule has 17 heavy (non-hydrogen) atoms. The van der Waals surface area contributed by atoms with Crippen LogP contribution in [0.5, 0.6) is 0 Å². The number of rotatable bonds is 5. The molecule has 7 heteroatoms. The van der Waals surface area contributed by atoms with Gasteiger partial charge in [-0.05, 0) is 5.92 Å². The van der Waals surface area contributed by atoms with Crippen molar-refractivity contribution in [3.63, 3.8) is 0 Å². The van der Waals surface area contributed by atoms with E-state index in [9.17, 15) is 9.59 Å². The highest BCUT2D eigenvalue weighted by Crippen LogP contribution is 2.07. The first-order valence-corrected chi connectivity index (χ1v) is 5.23. The van der Waals surface area contributed by atoms with Crippen molar-refractivity contribution in [2.45, 2.75) is 33.2 Å². The number of carbonyl (C=O) groups excluding carboxylic acids is 1. The number of hydrogen-bond donors (Lipinski definition) is 2. The molecule has 1 rings (SSSR count). The van der Waals surface area contributed by atoms with Crippen molar-refractivity contribution in [2.75, 3.05) is 0 Å². The highest BCUT2D eigenvalue weighted by atomic mass is 16.5. The van der Waals surface area contributed by atoms with E-state index >= 15 is 0 Å². The zero-order chi connectivity index (χ0) is 13.0. The van der Waals surface area contributed by atoms with Crippen molar-refractivity contribution < 1.29 is 19.2 Å². The summed E-state index contributed by atoms with van der Waals surface area (Å²) in [6.45, 7) is 5.23. The summed E-state index contributed by atoms with van der Waals surface area (Å²) in [5.74, 6) is -1.29. The summed E-state index contributed by atoms with van der Waals surface area (Å²) in [6.07, 6.45) is -0.139. The lowest BCUT2D eigenvalue weighted by molar-refractivity contribution is -0.137. The first-order valence-electron chi connectivity index (χ1n) is 5.23. The maximum absolute atomic E-state index is 11.7. The molecule has 1 amide bonds. The largest absolute Gasteiger partial charge is 0.481 e. The summed E-state index contributed by atoms with van der Waals surface area (Å²) >= 11 is 0. The van der Waals surface area contributed by atoms with Crippen molar-refractivity contribution in [1.82, 2.24) is 15.5 Å². The van der Waals surface area contributed by atoms with Crippen LogP contribution in [0.3, 0.4) is 0 Å². The number of aromatic nitrogens is 2. The predicted molar refractivity (Wildman–Crippen MR) is 57.4 cm³/mol. The molecule has 1 aromatic rings. The van der Waals surface area contributed by atoms with Gasteiger partial charge >= 0.3 is 5.97 Å². The highest BCUT2D eigenvalue weighted by molar-refractivity contribution is 5.90. The fourth-order valence-electron chi connectivity index (χ4n) is 1.27. The van der Waals surface area contributed by atoms with Crippen LogP contribution in [0.15, 0.2) is 4.52 Å². The molecule has 0 fully saturated rings. The maximum atomic E-state index is 11.7. The van der Waals surface area contributed by atoms with Crippen LogP contribution in [0.1, 0.15) is 36.8 Å². The van der Waals surface area contributed by atoms with Crippen molar-refractivity contribution in [1.29, 1.82) is 0 Å². The summed E-state index contributed by atoms with van der Waals surface area (Å²) in [6, 6.07) is -0.459. The third kappa shape index (κ3) is 3.86. The number of carboxylic acid groups (broad SMARTS) is 1. The Kier molecular flexibility index (Phi) is 4.19. The molecule has 0 aliphatic rings. The smallest absolute Gasteiger partial charge is 0.305 e. The van der Waals surface area contributed by atoms with Gasteiger partial charge in [-0.2, -0.15) is 4.98 Å². The van der Waals surface area contributed by atoms with E-state index in [-0.39, 0.29) is 24.1 Å². The van der Waals surface area contributed by atoms with Crippen LogP contribution in [0.4, 0.5) is 0 Å². The average molecular weight is 241 g/mol. The van der Waals surface area contributed by atoms with Crippen LogP contribution in [0, 0.1) is 12.8 Å². The third-order valence-corrected chi connectivity index (χ3v) is 2.25. The van der Waals surface area contributed by atoms with E-state index in [1.54, 1.807) is 6.92 Å². The normalized spacial score (nSPS) is 12.5. The van der Waals surface area contributed by atoms with Crippen LogP contribution in [0.25, 0.3) is 0 Å². The number of amides is 1. The Morgan fingerprint density at radius 3 is 2.53 bits per heavy atom. The minimum atomic E-state index is -0.965. The van der Waals surface area contributed by atoms with Gasteiger partial charge in [0.05, 0.1) is 6.42 Å². The number of carbonyl (C=O) groups is 2. The van der Waals surface area contributed by atoms with Gasteiger partial charge in [0.25, 0.3) is 11.7 Å². The summed E-state index contributed by atoms with van der Waals surface area (Å²) < 4.78 is 4.67. The van der Waals surface area contributed by atoms with E-state index < -0.39 is 17.9 Å². The first kappa shape index (κ1) is 13.1. The lowest BCUT2D eigenvalue weighted by Gasteiger charge is -2.19. The maximum Gasteiger partial charge on any atom is 0.305 e. The standard InChI is InChI=1S/C10H15N3O4/c1-5(2)7(4-8(14)15)12-10(16)9-11-6(3)17-13-9/h5,7H,4H2,1-3H3,(H,12,16)(H,14,15). The lowest BCUT2D eigenvalue weighted by Crippen LogP contribution is -2.40. The molecule has 0 radical (unpaired) electrons. The zero-order valence-corrected chi connectivity index (χ0v) is 9.93. The number of aryl methyl sites for hydroxylation is 1. The van der Waals surface area contributed by atoms with Gasteiger partial charge in [-0.25, -0.2) is 0 Å². The molecule has 7 nitrogen and oxygen atoms in total. The summed E-state index contributed by atoms with van der Waals surface area (Å²) in [7, 11) is 0. The minimum absolute atomic E-state index is 0.00282. The predicted octanol–water partition coefficient (Wildman–Crippen LogP) is 0.607. The van der Waals surface area contributed by atoms with Gasteiger partial charge in [-0.15, -0.1) is 0 Å². The van der Waals surface area contributed by atoms with E-state index in [4.69, 9.17) is 5.11 Å². The second-order valence-corrected chi connectivity index (χ2v) is 4.06. The number of nitrogens with one attached hydrogen (secondary N) is 1. The third-order valence-electron chi connectivity index (χ3n) is 2.25. The molecule has 1 atom stereocenters. The monoisotopic (exact) mass is 241 g/mol. The fourth-order valence-corrected chi connectivity index (χ4v) is 1.27. The Hall–Kier alpha value is -1.92. The molecule has 2 N–H and O–H groups in total. The fraction of sp³-hybridized carbons (Fsp3) is 0.600. The van der Waals surface area contributed by atoms with Gasteiger partial charge in [0, 0.05) is 13.0 Å². The average Bonchev–Trinajstić information content (AvgIpc) is 2.63. The number of hydrogen-bond acceptors (Lipinski definition) is 5. The summed E-state index contributed by atoms with van der Waals surface area (Å²) in [4.78, 5) is 26.1. The molecule has 0 aliphatic heterocycles. The molecular formula is C10H15N3O4. The van der Waals surface area contributed by atoms with Crippen molar-refractivity contribution >= 4 is 11.9 Å². The van der Waals surface area contributed by atoms with Crippen LogP contribution >= 0.6 is 0 Å². The molecule has 0 saturated carbocycles. The van der Waals surface area contributed by atoms with Crippen LogP contribution in [-0.2, 0) is 4.79 Å². The van der Waals surface area contributed by atoms with Crippen LogP contribution in [0.2, 0.25) is 0 Å². The van der Waals surface area contributed by atoms with Gasteiger partial charge in [-0.3, -0.25) is 9.59 Å². The Morgan fingerprint density at radius 1 is 1.47 bits per heavy atom. The molecule has 0 aliphatic carbocycles. The SMILES string of the molecule is Cc1nc(C(=O)NC(CC(=O)O)C(C)C)no1. The number of carboxylic acids is 1. The second-order valence-electron chi connectivity index (χ2n) is 4.06. The van der Waals surface area contributed by atoms with E-state index in [1.807, 2.05) is 13.8 Å². The molecule has 0 spiro atoms. The van der Waals surface area contributed by atoms with Gasteiger partial charge in [0.1, 0.15) is 0 Å². The lowest BCUT2D eigenvalue weighted by atomic mass is 10.0. The van der Waals surface area contributed by atoms with E-state index in [2.05, 4.69) is 20.0 Å². The summed E-state index contributed by atoms with van der Waals surface area (Å²) in [5.41, 5.74) is 0. The highest BCUT2D eigenvalue weighted by Gasteiger charge is 2.22. The molecule has 0 saturated heterocycles. The second kappa shape index (κ2) is 5.42. The molecule has 1 heterocycles. The Bertz CT molecular complexity index is 413. The van der Waals surface area contributed by atoms with Crippen LogP contribution < -0.4 is 5.32 Å².